The van der Waals surface area contributed by atoms with Crippen molar-refractivity contribution >= 4 is 17.6 Å². The monoisotopic (exact) mass is 269 g/mol. The summed E-state index contributed by atoms with van der Waals surface area (Å²) in [6, 6.07) is 3.18. The van der Waals surface area contributed by atoms with Crippen molar-refractivity contribution in [2.45, 2.75) is 31.4 Å². The van der Waals surface area contributed by atoms with Gasteiger partial charge in [-0.1, -0.05) is 11.6 Å². The number of nitrogens with zero attached hydrogens (tertiary/aromatic N) is 1. The Hall–Kier alpha value is -1.33. The van der Waals surface area contributed by atoms with Crippen LogP contribution >= 0.6 is 11.6 Å². The van der Waals surface area contributed by atoms with Crippen LogP contribution in [-0.2, 0) is 6.54 Å². The van der Waals surface area contributed by atoms with E-state index in [4.69, 9.17) is 11.6 Å². The number of hydrogen-bond acceptors (Lipinski definition) is 3. The van der Waals surface area contributed by atoms with Gasteiger partial charge in [0, 0.05) is 12.7 Å². The molecule has 5 nitrogen and oxygen atoms in total. The summed E-state index contributed by atoms with van der Waals surface area (Å²) in [5.74, 6) is 0. The SMILES string of the molecule is O=C(NCc1ccc(Cl)cn1)NCC1(O)CCC1. The first-order valence-corrected chi connectivity index (χ1v) is 6.30. The third kappa shape index (κ3) is 3.58. The maximum Gasteiger partial charge on any atom is 0.315 e. The van der Waals surface area contributed by atoms with E-state index in [1.54, 1.807) is 12.1 Å². The van der Waals surface area contributed by atoms with Crippen molar-refractivity contribution in [1.29, 1.82) is 0 Å². The molecule has 1 aliphatic rings. The Morgan fingerprint density at radius 2 is 2.22 bits per heavy atom. The Kier molecular flexibility index (Phi) is 4.04. The van der Waals surface area contributed by atoms with E-state index in [0.29, 0.717) is 18.1 Å². The Balaban J connectivity index is 1.69. The van der Waals surface area contributed by atoms with Crippen LogP contribution in [0.4, 0.5) is 4.79 Å². The normalized spacial score (nSPS) is 16.8. The summed E-state index contributed by atoms with van der Waals surface area (Å²) in [6.07, 6.45) is 4.07. The lowest BCUT2D eigenvalue weighted by atomic mass is 9.80. The first kappa shape index (κ1) is 13.1. The predicted octanol–water partition coefficient (Wildman–Crippen LogP) is 1.45. The molecule has 0 aromatic carbocycles. The van der Waals surface area contributed by atoms with Crippen molar-refractivity contribution in [2.24, 2.45) is 0 Å². The number of halogens is 1. The number of urea groups is 1. The molecule has 0 atom stereocenters. The lowest BCUT2D eigenvalue weighted by molar-refractivity contribution is -0.0290. The molecule has 0 radical (unpaired) electrons. The largest absolute Gasteiger partial charge is 0.388 e. The Morgan fingerprint density at radius 3 is 2.78 bits per heavy atom. The van der Waals surface area contributed by atoms with Gasteiger partial charge in [0.1, 0.15) is 0 Å². The fourth-order valence-electron chi connectivity index (χ4n) is 1.75. The highest BCUT2D eigenvalue weighted by atomic mass is 35.5. The molecule has 18 heavy (non-hydrogen) atoms. The molecule has 0 aliphatic heterocycles. The number of aromatic nitrogens is 1. The molecule has 1 aliphatic carbocycles. The first-order chi connectivity index (χ1) is 8.57. The third-order valence-corrected chi connectivity index (χ3v) is 3.30. The zero-order valence-electron chi connectivity index (χ0n) is 9.95. The average Bonchev–Trinajstić information content (AvgIpc) is 2.33. The number of carbonyl (C=O) groups is 1. The van der Waals surface area contributed by atoms with Gasteiger partial charge in [0.2, 0.25) is 0 Å². The van der Waals surface area contributed by atoms with Gasteiger partial charge in [-0.15, -0.1) is 0 Å². The second-order valence-electron chi connectivity index (χ2n) is 4.58. The van der Waals surface area contributed by atoms with Crippen molar-refractivity contribution in [1.82, 2.24) is 15.6 Å². The number of amides is 2. The van der Waals surface area contributed by atoms with Crippen LogP contribution in [0.2, 0.25) is 5.02 Å². The standard InChI is InChI=1S/C12H16ClN3O2/c13-9-2-3-10(14-6-9)7-15-11(17)16-8-12(18)4-1-5-12/h2-3,6,18H,1,4-5,7-8H2,(H2,15,16,17). The van der Waals surface area contributed by atoms with Gasteiger partial charge in [-0.25, -0.2) is 4.79 Å². The highest BCUT2D eigenvalue weighted by Crippen LogP contribution is 2.30. The van der Waals surface area contributed by atoms with E-state index < -0.39 is 5.60 Å². The van der Waals surface area contributed by atoms with Gasteiger partial charge >= 0.3 is 6.03 Å². The highest BCUT2D eigenvalue weighted by Gasteiger charge is 2.34. The molecular formula is C12H16ClN3O2. The predicted molar refractivity (Wildman–Crippen MR) is 68.3 cm³/mol. The summed E-state index contributed by atoms with van der Waals surface area (Å²) in [5, 5.41) is 15.7. The molecule has 1 aromatic rings. The van der Waals surface area contributed by atoms with Crippen molar-refractivity contribution in [3.63, 3.8) is 0 Å². The molecule has 3 N–H and O–H groups in total. The molecule has 2 amide bonds. The van der Waals surface area contributed by atoms with Gasteiger partial charge in [-0.2, -0.15) is 0 Å². The number of pyridine rings is 1. The molecule has 98 valence electrons. The van der Waals surface area contributed by atoms with Crippen LogP contribution in [0, 0.1) is 0 Å². The van der Waals surface area contributed by atoms with Gasteiger partial charge in [0.15, 0.2) is 0 Å². The van der Waals surface area contributed by atoms with E-state index in [9.17, 15) is 9.90 Å². The summed E-state index contributed by atoms with van der Waals surface area (Å²) in [4.78, 5) is 15.5. The number of rotatable bonds is 4. The fraction of sp³-hybridized carbons (Fsp3) is 0.500. The maximum absolute atomic E-state index is 11.5. The van der Waals surface area contributed by atoms with Gasteiger partial charge in [-0.3, -0.25) is 4.98 Å². The Labute approximate surface area is 111 Å². The second kappa shape index (κ2) is 5.54. The van der Waals surface area contributed by atoms with Crippen molar-refractivity contribution in [2.75, 3.05) is 6.54 Å². The summed E-state index contributed by atoms with van der Waals surface area (Å²) < 4.78 is 0. The quantitative estimate of drug-likeness (QED) is 0.774. The van der Waals surface area contributed by atoms with E-state index in [1.807, 2.05) is 0 Å². The minimum absolute atomic E-state index is 0.298. The summed E-state index contributed by atoms with van der Waals surface area (Å²) in [7, 11) is 0. The van der Waals surface area contributed by atoms with E-state index in [-0.39, 0.29) is 6.03 Å². The van der Waals surface area contributed by atoms with Crippen LogP contribution in [0.1, 0.15) is 25.0 Å². The zero-order chi connectivity index (χ0) is 13.0. The molecule has 2 rings (SSSR count). The highest BCUT2D eigenvalue weighted by molar-refractivity contribution is 6.30. The Bertz CT molecular complexity index is 418. The molecule has 6 heteroatoms. The zero-order valence-corrected chi connectivity index (χ0v) is 10.7. The lowest BCUT2D eigenvalue weighted by Crippen LogP contribution is -2.50. The van der Waals surface area contributed by atoms with Crippen LogP contribution in [0.5, 0.6) is 0 Å². The van der Waals surface area contributed by atoms with E-state index in [2.05, 4.69) is 15.6 Å². The van der Waals surface area contributed by atoms with Gasteiger partial charge in [-0.05, 0) is 31.4 Å². The molecule has 0 spiro atoms. The molecule has 1 aromatic heterocycles. The van der Waals surface area contributed by atoms with Crippen molar-refractivity contribution < 1.29 is 9.90 Å². The Morgan fingerprint density at radius 1 is 1.44 bits per heavy atom. The van der Waals surface area contributed by atoms with Gasteiger partial charge in [0.05, 0.1) is 22.9 Å². The molecule has 1 saturated carbocycles. The van der Waals surface area contributed by atoms with E-state index in [0.717, 1.165) is 25.0 Å². The topological polar surface area (TPSA) is 74.2 Å². The number of carbonyl (C=O) groups excluding carboxylic acids is 1. The summed E-state index contributed by atoms with van der Waals surface area (Å²) in [6.45, 7) is 0.633. The van der Waals surface area contributed by atoms with Crippen LogP contribution < -0.4 is 10.6 Å². The van der Waals surface area contributed by atoms with Crippen molar-refractivity contribution in [3.05, 3.63) is 29.0 Å². The van der Waals surface area contributed by atoms with Gasteiger partial charge in [0.25, 0.3) is 0 Å². The minimum atomic E-state index is -0.699. The lowest BCUT2D eigenvalue weighted by Gasteiger charge is -2.36. The number of nitrogens with one attached hydrogen (secondary N) is 2. The number of hydrogen-bond donors (Lipinski definition) is 3. The molecule has 1 fully saturated rings. The van der Waals surface area contributed by atoms with Crippen LogP contribution in [0.15, 0.2) is 18.3 Å². The first-order valence-electron chi connectivity index (χ1n) is 5.92. The summed E-state index contributed by atoms with van der Waals surface area (Å²) >= 11 is 5.71. The molecule has 0 unspecified atom stereocenters. The van der Waals surface area contributed by atoms with E-state index >= 15 is 0 Å². The van der Waals surface area contributed by atoms with Crippen molar-refractivity contribution in [3.8, 4) is 0 Å². The summed E-state index contributed by atoms with van der Waals surface area (Å²) in [5.41, 5.74) is 0.0347. The van der Waals surface area contributed by atoms with Crippen LogP contribution in [0.3, 0.4) is 0 Å². The molecule has 1 heterocycles. The van der Waals surface area contributed by atoms with Crippen LogP contribution in [0.25, 0.3) is 0 Å². The smallest absolute Gasteiger partial charge is 0.315 e. The molecule has 0 saturated heterocycles. The molecular weight excluding hydrogens is 254 g/mol. The average molecular weight is 270 g/mol. The van der Waals surface area contributed by atoms with E-state index in [1.165, 1.54) is 6.20 Å². The van der Waals surface area contributed by atoms with Gasteiger partial charge < -0.3 is 15.7 Å². The second-order valence-corrected chi connectivity index (χ2v) is 5.02. The molecule has 0 bridgehead atoms. The minimum Gasteiger partial charge on any atom is -0.388 e. The number of aliphatic hydroxyl groups is 1. The fourth-order valence-corrected chi connectivity index (χ4v) is 1.86. The third-order valence-electron chi connectivity index (χ3n) is 3.08. The van der Waals surface area contributed by atoms with Crippen LogP contribution in [-0.4, -0.2) is 28.3 Å². The maximum atomic E-state index is 11.5.